The minimum atomic E-state index is -0.918. The molecule has 1 radical (unpaired) electrons. The molecule has 0 aliphatic rings. The van der Waals surface area contributed by atoms with Crippen LogP contribution in [-0.2, 0) is 14.3 Å². The molecule has 1 aromatic carbocycles. The van der Waals surface area contributed by atoms with Gasteiger partial charge in [-0.2, -0.15) is 0 Å². The highest BCUT2D eigenvalue weighted by molar-refractivity contribution is 5.98. The van der Waals surface area contributed by atoms with Crippen molar-refractivity contribution in [2.75, 3.05) is 11.9 Å². The van der Waals surface area contributed by atoms with Gasteiger partial charge >= 0.3 is 12.1 Å². The number of hydrogen-bond donors (Lipinski definition) is 5. The quantitative estimate of drug-likeness (QED) is 0.207. The number of urea groups is 1. The SMILES string of the molecule is C=CC[CH]c1ccc(NC(=O)[C@H](CCCNC(N)=O)NC(=O)[C@@H](NC(=O)OC(C)(C)C)C(C)C)cc1. The van der Waals surface area contributed by atoms with Crippen molar-refractivity contribution in [3.05, 3.63) is 48.9 Å². The molecule has 0 bridgehead atoms. The average Bonchev–Trinajstić information content (AvgIpc) is 2.77. The summed E-state index contributed by atoms with van der Waals surface area (Å²) in [6.45, 7) is 12.7. The van der Waals surface area contributed by atoms with Crippen LogP contribution in [0.2, 0.25) is 0 Å². The molecular formula is C26H40N5O5. The molecule has 1 aromatic rings. The van der Waals surface area contributed by atoms with Crippen molar-refractivity contribution in [3.8, 4) is 0 Å². The maximum atomic E-state index is 13.1. The third kappa shape index (κ3) is 12.2. The van der Waals surface area contributed by atoms with E-state index in [4.69, 9.17) is 10.5 Å². The summed E-state index contributed by atoms with van der Waals surface area (Å²) in [5.41, 5.74) is 5.93. The number of carbonyl (C=O) groups is 4. The number of allylic oxidation sites excluding steroid dienone is 1. The topological polar surface area (TPSA) is 152 Å². The van der Waals surface area contributed by atoms with Gasteiger partial charge in [0.25, 0.3) is 0 Å². The average molecular weight is 503 g/mol. The molecule has 0 saturated heterocycles. The minimum absolute atomic E-state index is 0.236. The number of ether oxygens (including phenoxy) is 1. The summed E-state index contributed by atoms with van der Waals surface area (Å²) in [6.07, 6.45) is 4.42. The fraction of sp³-hybridized carbons (Fsp3) is 0.500. The molecule has 0 fully saturated rings. The lowest BCUT2D eigenvalue weighted by molar-refractivity contribution is -0.128. The van der Waals surface area contributed by atoms with Gasteiger partial charge in [0, 0.05) is 12.2 Å². The second kappa shape index (κ2) is 14.8. The van der Waals surface area contributed by atoms with E-state index in [0.29, 0.717) is 12.1 Å². The number of primary amides is 1. The van der Waals surface area contributed by atoms with Gasteiger partial charge in [0.05, 0.1) is 0 Å². The van der Waals surface area contributed by atoms with E-state index >= 15 is 0 Å². The van der Waals surface area contributed by atoms with Gasteiger partial charge in [-0.15, -0.1) is 6.58 Å². The molecule has 0 aromatic heterocycles. The molecule has 0 spiro atoms. The Morgan fingerprint density at radius 3 is 2.22 bits per heavy atom. The van der Waals surface area contributed by atoms with Crippen molar-refractivity contribution >= 4 is 29.6 Å². The summed E-state index contributed by atoms with van der Waals surface area (Å²) < 4.78 is 5.27. The summed E-state index contributed by atoms with van der Waals surface area (Å²) in [5.74, 6) is -1.21. The standard InChI is InChI=1S/C26H40N5O5/c1-7-8-10-18-12-14-19(15-13-18)29-22(32)20(11-9-16-28-24(27)34)30-23(33)21(17(2)3)31-25(35)36-26(4,5)6/h7,10,12-15,17,20-21H,1,8-9,11,16H2,2-6H3,(H,29,32)(H,30,33)(H,31,35)(H3,27,28,34)/t20-,21-/m0/s1. The molecule has 6 N–H and O–H groups in total. The fourth-order valence-electron chi connectivity index (χ4n) is 3.17. The van der Waals surface area contributed by atoms with Crippen molar-refractivity contribution in [1.29, 1.82) is 0 Å². The van der Waals surface area contributed by atoms with Crippen LogP contribution in [0.1, 0.15) is 59.4 Å². The predicted octanol–water partition coefficient (Wildman–Crippen LogP) is 3.24. The van der Waals surface area contributed by atoms with Crippen LogP contribution in [0.3, 0.4) is 0 Å². The van der Waals surface area contributed by atoms with E-state index in [1.54, 1.807) is 52.8 Å². The molecule has 0 aliphatic carbocycles. The zero-order valence-corrected chi connectivity index (χ0v) is 21.9. The zero-order chi connectivity index (χ0) is 27.3. The molecule has 199 valence electrons. The first-order chi connectivity index (χ1) is 16.8. The molecule has 0 heterocycles. The van der Waals surface area contributed by atoms with Crippen LogP contribution in [0.15, 0.2) is 36.9 Å². The van der Waals surface area contributed by atoms with E-state index in [1.165, 1.54) is 0 Å². The first-order valence-electron chi connectivity index (χ1n) is 12.0. The molecular weight excluding hydrogens is 462 g/mol. The van der Waals surface area contributed by atoms with Crippen molar-refractivity contribution in [1.82, 2.24) is 16.0 Å². The Morgan fingerprint density at radius 2 is 1.69 bits per heavy atom. The summed E-state index contributed by atoms with van der Waals surface area (Å²) >= 11 is 0. The lowest BCUT2D eigenvalue weighted by atomic mass is 10.0. The Bertz CT molecular complexity index is 893. The van der Waals surface area contributed by atoms with Gasteiger partial charge in [-0.3, -0.25) is 9.59 Å². The predicted molar refractivity (Wildman–Crippen MR) is 140 cm³/mol. The van der Waals surface area contributed by atoms with E-state index in [1.807, 2.05) is 18.6 Å². The largest absolute Gasteiger partial charge is 0.444 e. The summed E-state index contributed by atoms with van der Waals surface area (Å²) in [7, 11) is 0. The number of alkyl carbamates (subject to hydrolysis) is 1. The number of nitrogens with one attached hydrogen (secondary N) is 4. The third-order valence-corrected chi connectivity index (χ3v) is 4.92. The number of amides is 5. The van der Waals surface area contributed by atoms with Crippen LogP contribution in [-0.4, -0.2) is 48.2 Å². The Labute approximate surface area is 213 Å². The van der Waals surface area contributed by atoms with Gasteiger partial charge < -0.3 is 31.7 Å². The molecule has 2 atom stereocenters. The van der Waals surface area contributed by atoms with Gasteiger partial charge in [0.2, 0.25) is 11.8 Å². The van der Waals surface area contributed by atoms with Gasteiger partial charge in [-0.1, -0.05) is 32.1 Å². The van der Waals surface area contributed by atoms with E-state index in [-0.39, 0.29) is 18.9 Å². The van der Waals surface area contributed by atoms with Crippen LogP contribution in [0, 0.1) is 12.3 Å². The normalized spacial score (nSPS) is 12.7. The maximum absolute atomic E-state index is 13.1. The fourth-order valence-corrected chi connectivity index (χ4v) is 3.17. The van der Waals surface area contributed by atoms with Crippen molar-refractivity contribution in [3.63, 3.8) is 0 Å². The van der Waals surface area contributed by atoms with Crippen molar-refractivity contribution < 1.29 is 23.9 Å². The van der Waals surface area contributed by atoms with Gasteiger partial charge in [-0.25, -0.2) is 9.59 Å². The molecule has 10 nitrogen and oxygen atoms in total. The lowest BCUT2D eigenvalue weighted by Crippen LogP contribution is -2.55. The monoisotopic (exact) mass is 502 g/mol. The van der Waals surface area contributed by atoms with Gasteiger partial charge in [0.15, 0.2) is 0 Å². The van der Waals surface area contributed by atoms with Crippen LogP contribution >= 0.6 is 0 Å². The Kier molecular flexibility index (Phi) is 12.5. The highest BCUT2D eigenvalue weighted by atomic mass is 16.6. The first-order valence-corrected chi connectivity index (χ1v) is 12.0. The molecule has 0 aliphatic heterocycles. The Hall–Kier alpha value is -3.56. The molecule has 36 heavy (non-hydrogen) atoms. The lowest BCUT2D eigenvalue weighted by Gasteiger charge is -2.27. The zero-order valence-electron chi connectivity index (χ0n) is 21.9. The summed E-state index contributed by atoms with van der Waals surface area (Å²) in [6, 6.07) is 4.75. The van der Waals surface area contributed by atoms with Crippen LogP contribution in [0.25, 0.3) is 0 Å². The van der Waals surface area contributed by atoms with Crippen LogP contribution < -0.4 is 27.0 Å². The van der Waals surface area contributed by atoms with Crippen LogP contribution in [0.4, 0.5) is 15.3 Å². The molecule has 0 unspecified atom stereocenters. The number of anilines is 1. The second-order valence-corrected chi connectivity index (χ2v) is 9.70. The molecule has 5 amide bonds. The van der Waals surface area contributed by atoms with E-state index in [9.17, 15) is 19.2 Å². The van der Waals surface area contributed by atoms with Crippen LogP contribution in [0.5, 0.6) is 0 Å². The van der Waals surface area contributed by atoms with E-state index < -0.39 is 41.6 Å². The second-order valence-electron chi connectivity index (χ2n) is 9.70. The highest BCUT2D eigenvalue weighted by Gasteiger charge is 2.30. The summed E-state index contributed by atoms with van der Waals surface area (Å²) in [5, 5.41) is 10.6. The number of nitrogens with two attached hydrogens (primary N) is 1. The Morgan fingerprint density at radius 1 is 1.06 bits per heavy atom. The smallest absolute Gasteiger partial charge is 0.408 e. The van der Waals surface area contributed by atoms with Crippen molar-refractivity contribution in [2.24, 2.45) is 11.7 Å². The van der Waals surface area contributed by atoms with Crippen molar-refractivity contribution in [2.45, 2.75) is 71.6 Å². The summed E-state index contributed by atoms with van der Waals surface area (Å²) in [4.78, 5) is 49.4. The highest BCUT2D eigenvalue weighted by Crippen LogP contribution is 2.14. The first kappa shape index (κ1) is 30.5. The van der Waals surface area contributed by atoms with E-state index in [2.05, 4.69) is 27.8 Å². The number of carbonyl (C=O) groups excluding carboxylic acids is 4. The Balaban J connectivity index is 2.93. The number of hydrogen-bond acceptors (Lipinski definition) is 5. The third-order valence-electron chi connectivity index (χ3n) is 4.92. The number of rotatable bonds is 13. The van der Waals surface area contributed by atoms with Gasteiger partial charge in [-0.05, 0) is 70.1 Å². The van der Waals surface area contributed by atoms with Gasteiger partial charge in [0.1, 0.15) is 17.7 Å². The molecule has 10 heteroatoms. The van der Waals surface area contributed by atoms with E-state index in [0.717, 1.165) is 12.0 Å². The number of benzene rings is 1. The molecule has 1 rings (SSSR count). The maximum Gasteiger partial charge on any atom is 0.408 e. The molecule has 0 saturated carbocycles. The minimum Gasteiger partial charge on any atom is -0.444 e.